The van der Waals surface area contributed by atoms with Gasteiger partial charge in [-0.25, -0.2) is 0 Å². The molecule has 2 aromatic carbocycles. The fourth-order valence-electron chi connectivity index (χ4n) is 4.03. The van der Waals surface area contributed by atoms with Crippen LogP contribution in [-0.2, 0) is 4.79 Å². The molecule has 0 saturated carbocycles. The summed E-state index contributed by atoms with van der Waals surface area (Å²) in [6.07, 6.45) is 1.73. The molecule has 0 unspecified atom stereocenters. The number of carbonyl (C=O) groups is 3. The van der Waals surface area contributed by atoms with Gasteiger partial charge in [0.2, 0.25) is 0 Å². The monoisotopic (exact) mass is 556 g/mol. The van der Waals surface area contributed by atoms with Crippen molar-refractivity contribution < 1.29 is 14.4 Å². The molecule has 2 amide bonds. The zero-order chi connectivity index (χ0) is 24.7. The highest BCUT2D eigenvalue weighted by Crippen LogP contribution is 2.34. The molecule has 1 aliphatic heterocycles. The molecule has 1 fully saturated rings. The molecule has 34 heavy (non-hydrogen) atoms. The Bertz CT molecular complexity index is 1350. The standard InChI is InChI=1S/C26H22BrClN2O3S/c1-14-9-21(10-15(2)24(14)27)30-16(3)11-19(17(30)4)12-23-25(32)29(26(33)34-23)13-22(31)18-5-7-20(28)8-6-18/h5-12H,13H2,1-4H3/b23-12-. The lowest BCUT2D eigenvalue weighted by molar-refractivity contribution is -0.122. The van der Waals surface area contributed by atoms with Gasteiger partial charge < -0.3 is 4.57 Å². The van der Waals surface area contributed by atoms with Gasteiger partial charge in [-0.3, -0.25) is 19.3 Å². The number of thioether (sulfide) groups is 1. The lowest BCUT2D eigenvalue weighted by Gasteiger charge is -2.13. The third-order valence-electron chi connectivity index (χ3n) is 5.78. The Morgan fingerprint density at radius 1 is 1.03 bits per heavy atom. The van der Waals surface area contributed by atoms with Crippen molar-refractivity contribution in [2.24, 2.45) is 0 Å². The van der Waals surface area contributed by atoms with E-state index in [4.69, 9.17) is 11.6 Å². The molecular formula is C26H22BrClN2O3S. The molecule has 0 radical (unpaired) electrons. The number of amides is 2. The lowest BCUT2D eigenvalue weighted by Crippen LogP contribution is -2.33. The number of benzene rings is 2. The second-order valence-corrected chi connectivity index (χ2v) is 10.5. The first-order valence-electron chi connectivity index (χ1n) is 10.6. The minimum Gasteiger partial charge on any atom is -0.318 e. The summed E-state index contributed by atoms with van der Waals surface area (Å²) in [4.78, 5) is 39.4. The fraction of sp³-hybridized carbons (Fsp3) is 0.192. The van der Waals surface area contributed by atoms with Crippen molar-refractivity contribution in [2.45, 2.75) is 27.7 Å². The van der Waals surface area contributed by atoms with Crippen molar-refractivity contribution in [3.63, 3.8) is 0 Å². The number of rotatable bonds is 5. The lowest BCUT2D eigenvalue weighted by atomic mass is 10.1. The van der Waals surface area contributed by atoms with Crippen LogP contribution in [-0.4, -0.2) is 32.9 Å². The molecular weight excluding hydrogens is 536 g/mol. The Morgan fingerprint density at radius 3 is 2.26 bits per heavy atom. The molecule has 0 N–H and O–H groups in total. The number of halogens is 2. The second-order valence-electron chi connectivity index (χ2n) is 8.25. The summed E-state index contributed by atoms with van der Waals surface area (Å²) in [5, 5.41) is 0.0586. The number of aromatic nitrogens is 1. The molecule has 5 nitrogen and oxygen atoms in total. The Kier molecular flexibility index (Phi) is 6.90. The second kappa shape index (κ2) is 9.56. The van der Waals surface area contributed by atoms with Crippen LogP contribution < -0.4 is 0 Å². The number of aryl methyl sites for hydroxylation is 3. The first-order valence-corrected chi connectivity index (χ1v) is 12.6. The number of ketones is 1. The minimum atomic E-state index is -0.461. The van der Waals surface area contributed by atoms with Crippen LogP contribution in [0.3, 0.4) is 0 Å². The molecule has 0 aliphatic carbocycles. The number of hydrogen-bond donors (Lipinski definition) is 0. The summed E-state index contributed by atoms with van der Waals surface area (Å²) < 4.78 is 3.22. The van der Waals surface area contributed by atoms with E-state index in [9.17, 15) is 14.4 Å². The van der Waals surface area contributed by atoms with Crippen molar-refractivity contribution in [3.8, 4) is 5.69 Å². The summed E-state index contributed by atoms with van der Waals surface area (Å²) in [5.74, 6) is -0.781. The van der Waals surface area contributed by atoms with Crippen molar-refractivity contribution in [2.75, 3.05) is 6.54 Å². The van der Waals surface area contributed by atoms with E-state index >= 15 is 0 Å². The van der Waals surface area contributed by atoms with Crippen LogP contribution in [0.2, 0.25) is 5.02 Å². The van der Waals surface area contributed by atoms with E-state index in [1.165, 1.54) is 0 Å². The summed E-state index contributed by atoms with van der Waals surface area (Å²) in [6, 6.07) is 12.6. The van der Waals surface area contributed by atoms with Gasteiger partial charge in [-0.15, -0.1) is 0 Å². The van der Waals surface area contributed by atoms with Crippen LogP contribution in [0.15, 0.2) is 51.8 Å². The van der Waals surface area contributed by atoms with Gasteiger partial charge in [0.05, 0.1) is 11.4 Å². The third-order valence-corrected chi connectivity index (χ3v) is 8.19. The number of Topliss-reactive ketones (excluding diaryl/α,β-unsaturated/α-hetero) is 1. The van der Waals surface area contributed by atoms with Crippen LogP contribution in [0.1, 0.15) is 38.4 Å². The molecule has 0 bridgehead atoms. The Hall–Kier alpha value is -2.61. The van der Waals surface area contributed by atoms with Crippen molar-refractivity contribution in [1.29, 1.82) is 0 Å². The largest absolute Gasteiger partial charge is 0.318 e. The van der Waals surface area contributed by atoms with E-state index in [0.29, 0.717) is 15.5 Å². The summed E-state index contributed by atoms with van der Waals surface area (Å²) >= 11 is 10.3. The van der Waals surface area contributed by atoms with Gasteiger partial charge in [-0.1, -0.05) is 27.5 Å². The Balaban J connectivity index is 1.61. The zero-order valence-corrected chi connectivity index (χ0v) is 22.3. The van der Waals surface area contributed by atoms with E-state index in [0.717, 1.165) is 54.9 Å². The normalized spacial score (nSPS) is 15.0. The van der Waals surface area contributed by atoms with E-state index in [2.05, 4.69) is 46.5 Å². The van der Waals surface area contributed by atoms with E-state index in [-0.39, 0.29) is 12.3 Å². The van der Waals surface area contributed by atoms with Gasteiger partial charge in [-0.2, -0.15) is 0 Å². The van der Waals surface area contributed by atoms with E-state index < -0.39 is 11.1 Å². The number of imide groups is 1. The number of hydrogen-bond acceptors (Lipinski definition) is 4. The molecule has 174 valence electrons. The van der Waals surface area contributed by atoms with Gasteiger partial charge in [-0.05, 0) is 105 Å². The average molecular weight is 558 g/mol. The molecule has 1 aliphatic rings. The molecule has 1 aromatic heterocycles. The molecule has 1 saturated heterocycles. The first kappa shape index (κ1) is 24.5. The Labute approximate surface area is 215 Å². The fourth-order valence-corrected chi connectivity index (χ4v) is 5.22. The topological polar surface area (TPSA) is 59.4 Å². The van der Waals surface area contributed by atoms with Crippen LogP contribution in [0.5, 0.6) is 0 Å². The molecule has 3 aromatic rings. The number of nitrogens with zero attached hydrogens (tertiary/aromatic N) is 2. The predicted octanol–water partition coefficient (Wildman–Crippen LogP) is 7.05. The van der Waals surface area contributed by atoms with Gasteiger partial charge >= 0.3 is 0 Å². The number of carbonyl (C=O) groups excluding carboxylic acids is 3. The van der Waals surface area contributed by atoms with Crippen molar-refractivity contribution in [3.05, 3.63) is 90.5 Å². The van der Waals surface area contributed by atoms with E-state index in [1.807, 2.05) is 19.9 Å². The first-order chi connectivity index (χ1) is 16.1. The quantitative estimate of drug-likeness (QED) is 0.249. The minimum absolute atomic E-state index is 0.303. The van der Waals surface area contributed by atoms with Crippen molar-refractivity contribution >= 4 is 62.3 Å². The van der Waals surface area contributed by atoms with Crippen LogP contribution >= 0.6 is 39.3 Å². The maximum Gasteiger partial charge on any atom is 0.293 e. The van der Waals surface area contributed by atoms with E-state index in [1.54, 1.807) is 30.3 Å². The van der Waals surface area contributed by atoms with Gasteiger partial charge in [0.1, 0.15) is 0 Å². The molecule has 4 rings (SSSR count). The van der Waals surface area contributed by atoms with Crippen LogP contribution in [0.25, 0.3) is 11.8 Å². The SMILES string of the molecule is Cc1cc(-n2c(C)cc(/C=C3\SC(=O)N(CC(=O)c4ccc(Cl)cc4)C3=O)c2C)cc(C)c1Br. The van der Waals surface area contributed by atoms with Crippen LogP contribution in [0, 0.1) is 27.7 Å². The highest BCUT2D eigenvalue weighted by atomic mass is 79.9. The smallest absolute Gasteiger partial charge is 0.293 e. The highest BCUT2D eigenvalue weighted by Gasteiger charge is 2.36. The summed E-state index contributed by atoms with van der Waals surface area (Å²) in [5.41, 5.74) is 6.53. The summed E-state index contributed by atoms with van der Waals surface area (Å²) in [7, 11) is 0. The van der Waals surface area contributed by atoms with Gasteiger partial charge in [0.15, 0.2) is 5.78 Å². The predicted molar refractivity (Wildman–Crippen MR) is 141 cm³/mol. The van der Waals surface area contributed by atoms with Gasteiger partial charge in [0.25, 0.3) is 11.1 Å². The summed E-state index contributed by atoms with van der Waals surface area (Å²) in [6.45, 7) is 7.79. The van der Waals surface area contributed by atoms with Crippen molar-refractivity contribution in [1.82, 2.24) is 9.47 Å². The van der Waals surface area contributed by atoms with Gasteiger partial charge in [0, 0.05) is 32.1 Å². The molecule has 0 spiro atoms. The Morgan fingerprint density at radius 2 is 1.65 bits per heavy atom. The molecule has 0 atom stereocenters. The highest BCUT2D eigenvalue weighted by molar-refractivity contribution is 9.10. The molecule has 8 heteroatoms. The maximum absolute atomic E-state index is 13.0. The zero-order valence-electron chi connectivity index (χ0n) is 19.1. The third kappa shape index (κ3) is 4.65. The molecule has 2 heterocycles. The average Bonchev–Trinajstić information content (AvgIpc) is 3.21. The maximum atomic E-state index is 13.0. The van der Waals surface area contributed by atoms with Crippen LogP contribution in [0.4, 0.5) is 4.79 Å².